The fourth-order valence-corrected chi connectivity index (χ4v) is 1.53. The first-order chi connectivity index (χ1) is 8.13. The van der Waals surface area contributed by atoms with Gasteiger partial charge in [0.25, 0.3) is 0 Å². The van der Waals surface area contributed by atoms with Crippen LogP contribution in [0.5, 0.6) is 0 Å². The molecule has 17 heavy (non-hydrogen) atoms. The van der Waals surface area contributed by atoms with Crippen LogP contribution in [-0.4, -0.2) is 44.5 Å². The maximum atomic E-state index is 12.7. The largest absolute Gasteiger partial charge is 0.385 e. The summed E-state index contributed by atoms with van der Waals surface area (Å²) >= 11 is 0. The summed E-state index contributed by atoms with van der Waals surface area (Å²) in [6, 6.07) is 5.64. The average Bonchev–Trinajstić information content (AvgIpc) is 2.30. The molecule has 0 spiro atoms. The van der Waals surface area contributed by atoms with Crippen molar-refractivity contribution in [2.24, 2.45) is 0 Å². The highest BCUT2D eigenvalue weighted by molar-refractivity contribution is 5.97. The first-order valence-electron chi connectivity index (χ1n) is 5.59. The minimum atomic E-state index is -0.324. The standard InChI is InChI=1S/C13H18FNO2/c1-15(8-3-9-17-2)10-13(16)11-4-6-12(14)7-5-11/h4-7H,3,8-10H2,1-2H3. The van der Waals surface area contributed by atoms with Crippen molar-refractivity contribution in [2.75, 3.05) is 33.9 Å². The van der Waals surface area contributed by atoms with Crippen LogP contribution < -0.4 is 0 Å². The van der Waals surface area contributed by atoms with Gasteiger partial charge in [-0.1, -0.05) is 0 Å². The quantitative estimate of drug-likeness (QED) is 0.538. The number of carbonyl (C=O) groups excluding carboxylic acids is 1. The van der Waals surface area contributed by atoms with E-state index in [4.69, 9.17) is 4.74 Å². The van der Waals surface area contributed by atoms with Gasteiger partial charge in [0.05, 0.1) is 6.54 Å². The van der Waals surface area contributed by atoms with Gasteiger partial charge in [0, 0.05) is 25.8 Å². The van der Waals surface area contributed by atoms with Crippen molar-refractivity contribution in [3.05, 3.63) is 35.6 Å². The molecule has 0 radical (unpaired) electrons. The maximum absolute atomic E-state index is 12.7. The van der Waals surface area contributed by atoms with E-state index < -0.39 is 0 Å². The lowest BCUT2D eigenvalue weighted by Crippen LogP contribution is -2.27. The summed E-state index contributed by atoms with van der Waals surface area (Å²) in [5.41, 5.74) is 0.546. The second-order valence-corrected chi connectivity index (χ2v) is 4.01. The molecule has 0 amide bonds. The van der Waals surface area contributed by atoms with E-state index in [2.05, 4.69) is 0 Å². The first-order valence-corrected chi connectivity index (χ1v) is 5.59. The van der Waals surface area contributed by atoms with Crippen molar-refractivity contribution in [1.82, 2.24) is 4.90 Å². The highest BCUT2D eigenvalue weighted by Gasteiger charge is 2.08. The van der Waals surface area contributed by atoms with Gasteiger partial charge in [-0.3, -0.25) is 9.69 Å². The summed E-state index contributed by atoms with van der Waals surface area (Å²) in [5, 5.41) is 0. The van der Waals surface area contributed by atoms with Crippen LogP contribution in [0.1, 0.15) is 16.8 Å². The molecule has 0 N–H and O–H groups in total. The number of rotatable bonds is 7. The molecule has 0 aliphatic heterocycles. The Labute approximate surface area is 101 Å². The Kier molecular flexibility index (Phi) is 5.80. The van der Waals surface area contributed by atoms with Crippen molar-refractivity contribution >= 4 is 5.78 Å². The van der Waals surface area contributed by atoms with E-state index in [1.165, 1.54) is 24.3 Å². The van der Waals surface area contributed by atoms with Crippen LogP contribution in [0.3, 0.4) is 0 Å². The minimum Gasteiger partial charge on any atom is -0.385 e. The van der Waals surface area contributed by atoms with Crippen LogP contribution in [0.15, 0.2) is 24.3 Å². The summed E-state index contributed by atoms with van der Waals surface area (Å²) in [6.45, 7) is 1.84. The van der Waals surface area contributed by atoms with E-state index in [-0.39, 0.29) is 11.6 Å². The summed E-state index contributed by atoms with van der Waals surface area (Å²) in [5.74, 6) is -0.320. The Hall–Kier alpha value is -1.26. The molecule has 3 nitrogen and oxygen atoms in total. The number of ether oxygens (including phenoxy) is 1. The van der Waals surface area contributed by atoms with Gasteiger partial charge >= 0.3 is 0 Å². The Balaban J connectivity index is 2.40. The highest BCUT2D eigenvalue weighted by Crippen LogP contribution is 2.04. The third-order valence-corrected chi connectivity index (χ3v) is 2.47. The molecule has 94 valence electrons. The van der Waals surface area contributed by atoms with Crippen LogP contribution in [-0.2, 0) is 4.74 Å². The van der Waals surface area contributed by atoms with E-state index in [0.717, 1.165) is 13.0 Å². The van der Waals surface area contributed by atoms with E-state index in [1.54, 1.807) is 7.11 Å². The molecule has 0 saturated heterocycles. The molecule has 1 aromatic carbocycles. The predicted octanol–water partition coefficient (Wildman–Crippen LogP) is 1.98. The van der Waals surface area contributed by atoms with Crippen LogP contribution in [0, 0.1) is 5.82 Å². The molecule has 1 aromatic rings. The molecule has 0 heterocycles. The topological polar surface area (TPSA) is 29.5 Å². The Bertz CT molecular complexity index is 351. The maximum Gasteiger partial charge on any atom is 0.176 e. The molecule has 0 saturated carbocycles. The Morgan fingerprint density at radius 2 is 2.00 bits per heavy atom. The molecule has 1 rings (SSSR count). The molecule has 0 aliphatic carbocycles. The number of ketones is 1. The van der Waals surface area contributed by atoms with Crippen LogP contribution in [0.2, 0.25) is 0 Å². The molecule has 0 unspecified atom stereocenters. The van der Waals surface area contributed by atoms with Gasteiger partial charge in [-0.15, -0.1) is 0 Å². The van der Waals surface area contributed by atoms with Crippen LogP contribution in [0.25, 0.3) is 0 Å². The van der Waals surface area contributed by atoms with Gasteiger partial charge in [-0.2, -0.15) is 0 Å². The second-order valence-electron chi connectivity index (χ2n) is 4.01. The number of halogens is 1. The second kappa shape index (κ2) is 7.14. The van der Waals surface area contributed by atoms with Gasteiger partial charge in [0.2, 0.25) is 0 Å². The normalized spacial score (nSPS) is 10.8. The van der Waals surface area contributed by atoms with Gasteiger partial charge in [0.15, 0.2) is 5.78 Å². The van der Waals surface area contributed by atoms with E-state index in [1.807, 2.05) is 11.9 Å². The van der Waals surface area contributed by atoms with E-state index in [0.29, 0.717) is 18.7 Å². The Morgan fingerprint density at radius 3 is 2.59 bits per heavy atom. The molecule has 0 atom stereocenters. The van der Waals surface area contributed by atoms with Gasteiger partial charge < -0.3 is 4.74 Å². The summed E-state index contributed by atoms with van der Waals surface area (Å²) in [7, 11) is 3.54. The predicted molar refractivity (Wildman–Crippen MR) is 64.7 cm³/mol. The van der Waals surface area contributed by atoms with Crippen LogP contribution >= 0.6 is 0 Å². The lowest BCUT2D eigenvalue weighted by Gasteiger charge is -2.15. The number of benzene rings is 1. The van der Waals surface area contributed by atoms with Crippen molar-refractivity contribution < 1.29 is 13.9 Å². The van der Waals surface area contributed by atoms with Crippen molar-refractivity contribution in [3.63, 3.8) is 0 Å². The third-order valence-electron chi connectivity index (χ3n) is 2.47. The molecular formula is C13H18FNO2. The number of hydrogen-bond acceptors (Lipinski definition) is 3. The molecular weight excluding hydrogens is 221 g/mol. The van der Waals surface area contributed by atoms with Gasteiger partial charge in [-0.05, 0) is 37.7 Å². The van der Waals surface area contributed by atoms with Gasteiger partial charge in [0.1, 0.15) is 5.82 Å². The minimum absolute atomic E-state index is 0.00455. The molecule has 0 bridgehead atoms. The zero-order chi connectivity index (χ0) is 12.7. The van der Waals surface area contributed by atoms with E-state index >= 15 is 0 Å². The SMILES string of the molecule is COCCCN(C)CC(=O)c1ccc(F)cc1. The zero-order valence-corrected chi connectivity index (χ0v) is 10.3. The smallest absolute Gasteiger partial charge is 0.176 e. The van der Waals surface area contributed by atoms with E-state index in [9.17, 15) is 9.18 Å². The van der Waals surface area contributed by atoms with Crippen molar-refractivity contribution in [3.8, 4) is 0 Å². The zero-order valence-electron chi connectivity index (χ0n) is 10.3. The molecule has 0 aromatic heterocycles. The molecule has 4 heteroatoms. The summed E-state index contributed by atoms with van der Waals surface area (Å²) in [4.78, 5) is 13.7. The number of Topliss-reactive ketones (excluding diaryl/α,β-unsaturated/α-hetero) is 1. The number of hydrogen-bond donors (Lipinski definition) is 0. The molecule has 0 aliphatic rings. The number of likely N-dealkylation sites (N-methyl/N-ethyl adjacent to an activating group) is 1. The lowest BCUT2D eigenvalue weighted by atomic mass is 10.1. The monoisotopic (exact) mass is 239 g/mol. The Morgan fingerprint density at radius 1 is 1.35 bits per heavy atom. The van der Waals surface area contributed by atoms with Crippen LogP contribution in [0.4, 0.5) is 4.39 Å². The average molecular weight is 239 g/mol. The number of methoxy groups -OCH3 is 1. The number of carbonyl (C=O) groups is 1. The highest BCUT2D eigenvalue weighted by atomic mass is 19.1. The third kappa shape index (κ3) is 5.06. The fraction of sp³-hybridized carbons (Fsp3) is 0.462. The van der Waals surface area contributed by atoms with Crippen molar-refractivity contribution in [1.29, 1.82) is 0 Å². The summed E-state index contributed by atoms with van der Waals surface area (Å²) in [6.07, 6.45) is 0.893. The lowest BCUT2D eigenvalue weighted by molar-refractivity contribution is 0.0938. The van der Waals surface area contributed by atoms with Crippen molar-refractivity contribution in [2.45, 2.75) is 6.42 Å². The molecule has 0 fully saturated rings. The summed E-state index contributed by atoms with van der Waals surface area (Å²) < 4.78 is 17.6. The fourth-order valence-electron chi connectivity index (χ4n) is 1.53. The first kappa shape index (κ1) is 13.8. The number of nitrogens with zero attached hydrogens (tertiary/aromatic N) is 1. The van der Waals surface area contributed by atoms with Gasteiger partial charge in [-0.25, -0.2) is 4.39 Å².